The quantitative estimate of drug-likeness (QED) is 0.865. The number of aliphatic hydroxyl groups is 1. The average Bonchev–Trinajstić information content (AvgIpc) is 2.84. The van der Waals surface area contributed by atoms with E-state index in [9.17, 15) is 5.11 Å². The molecule has 1 fully saturated rings. The molecule has 0 amide bonds. The third kappa shape index (κ3) is 2.06. The minimum absolute atomic E-state index is 0.105. The first kappa shape index (κ1) is 12.5. The zero-order chi connectivity index (χ0) is 12.7. The lowest BCUT2D eigenvalue weighted by Gasteiger charge is -2.36. The van der Waals surface area contributed by atoms with Crippen LogP contribution in [0.5, 0.6) is 5.75 Å². The lowest BCUT2D eigenvalue weighted by atomic mass is 9.96. The first-order valence-corrected chi connectivity index (χ1v) is 7.31. The number of hydrogen-bond donors (Lipinski definition) is 1. The third-order valence-corrected chi connectivity index (χ3v) is 4.50. The smallest absolute Gasteiger partial charge is 0.139 e. The predicted molar refractivity (Wildman–Crippen MR) is 73.9 cm³/mol. The van der Waals surface area contributed by atoms with Crippen LogP contribution in [0.25, 0.3) is 0 Å². The van der Waals surface area contributed by atoms with Gasteiger partial charge in [0.25, 0.3) is 0 Å². The van der Waals surface area contributed by atoms with Crippen LogP contribution in [0.3, 0.4) is 0 Å². The van der Waals surface area contributed by atoms with E-state index in [1.54, 1.807) is 0 Å². The number of hydrogen-bond acceptors (Lipinski definition) is 3. The van der Waals surface area contributed by atoms with Gasteiger partial charge in [0.05, 0.1) is 10.5 Å². The molecular weight excluding hydrogens is 294 g/mol. The fourth-order valence-electron chi connectivity index (χ4n) is 2.97. The van der Waals surface area contributed by atoms with Crippen LogP contribution in [0.15, 0.2) is 16.6 Å². The van der Waals surface area contributed by atoms with E-state index in [4.69, 9.17) is 4.74 Å². The molecule has 0 radical (unpaired) electrons. The van der Waals surface area contributed by atoms with E-state index >= 15 is 0 Å². The van der Waals surface area contributed by atoms with Crippen molar-refractivity contribution in [3.8, 4) is 5.75 Å². The fourth-order valence-corrected chi connectivity index (χ4v) is 3.68. The molecule has 18 heavy (non-hydrogen) atoms. The van der Waals surface area contributed by atoms with Crippen molar-refractivity contribution in [2.24, 2.45) is 0 Å². The van der Waals surface area contributed by atoms with E-state index in [-0.39, 0.29) is 6.04 Å². The molecule has 2 heterocycles. The zero-order valence-electron chi connectivity index (χ0n) is 10.5. The van der Waals surface area contributed by atoms with Gasteiger partial charge in [0.2, 0.25) is 0 Å². The molecule has 0 spiro atoms. The molecule has 1 saturated heterocycles. The lowest BCUT2D eigenvalue weighted by Crippen LogP contribution is -2.44. The van der Waals surface area contributed by atoms with Crippen LogP contribution in [0.4, 0.5) is 0 Å². The van der Waals surface area contributed by atoms with Crippen molar-refractivity contribution in [2.45, 2.75) is 31.9 Å². The molecule has 0 aliphatic carbocycles. The van der Waals surface area contributed by atoms with Gasteiger partial charge < -0.3 is 9.84 Å². The van der Waals surface area contributed by atoms with Crippen molar-refractivity contribution < 1.29 is 9.84 Å². The van der Waals surface area contributed by atoms with Crippen LogP contribution in [-0.2, 0) is 0 Å². The minimum Gasteiger partial charge on any atom is -0.490 e. The van der Waals surface area contributed by atoms with Gasteiger partial charge in [-0.3, -0.25) is 4.90 Å². The molecular formula is C14H18BrNO2. The number of rotatable bonds is 1. The summed E-state index contributed by atoms with van der Waals surface area (Å²) in [6, 6.07) is 4.17. The summed E-state index contributed by atoms with van der Waals surface area (Å²) in [5.74, 6) is 0.809. The Balaban J connectivity index is 1.93. The van der Waals surface area contributed by atoms with Gasteiger partial charge in [-0.05, 0) is 66.5 Å². The second-order valence-electron chi connectivity index (χ2n) is 5.23. The molecule has 2 aliphatic heterocycles. The molecule has 4 heteroatoms. The Bertz CT molecular complexity index is 457. The summed E-state index contributed by atoms with van der Waals surface area (Å²) in [4.78, 5) is 2.35. The maximum absolute atomic E-state index is 10.6. The summed E-state index contributed by atoms with van der Waals surface area (Å²) in [6.45, 7) is 4.77. The Kier molecular flexibility index (Phi) is 3.34. The number of benzene rings is 1. The molecule has 0 saturated carbocycles. The normalized spacial score (nSPS) is 27.9. The van der Waals surface area contributed by atoms with Gasteiger partial charge in [-0.2, -0.15) is 0 Å². The fraction of sp³-hybridized carbons (Fsp3) is 0.571. The van der Waals surface area contributed by atoms with Gasteiger partial charge in [-0.1, -0.05) is 0 Å². The van der Waals surface area contributed by atoms with Gasteiger partial charge in [-0.15, -0.1) is 0 Å². The molecule has 2 atom stereocenters. The second-order valence-corrected chi connectivity index (χ2v) is 6.09. The summed E-state index contributed by atoms with van der Waals surface area (Å²) in [5, 5.41) is 10.6. The lowest BCUT2D eigenvalue weighted by molar-refractivity contribution is 0.0136. The van der Waals surface area contributed by atoms with E-state index in [2.05, 4.69) is 20.8 Å². The molecule has 0 aromatic heterocycles. The van der Waals surface area contributed by atoms with E-state index in [1.165, 1.54) is 12.8 Å². The Hall–Kier alpha value is -0.580. The molecule has 3 rings (SSSR count). The minimum atomic E-state index is -0.442. The van der Waals surface area contributed by atoms with Gasteiger partial charge in [0.15, 0.2) is 0 Å². The molecule has 0 unspecified atom stereocenters. The molecule has 1 aromatic carbocycles. The molecule has 2 aliphatic rings. The Labute approximate surface area is 116 Å². The Morgan fingerprint density at radius 1 is 1.33 bits per heavy atom. The number of aryl methyl sites for hydroxylation is 1. The first-order chi connectivity index (χ1) is 8.66. The summed E-state index contributed by atoms with van der Waals surface area (Å²) in [5.41, 5.74) is 2.07. The van der Waals surface area contributed by atoms with Crippen LogP contribution in [0.2, 0.25) is 0 Å². The highest BCUT2D eigenvalue weighted by Crippen LogP contribution is 2.40. The number of halogens is 1. The summed E-state index contributed by atoms with van der Waals surface area (Å²) in [7, 11) is 0. The van der Waals surface area contributed by atoms with Crippen molar-refractivity contribution in [3.63, 3.8) is 0 Å². The highest BCUT2D eigenvalue weighted by Gasteiger charge is 2.35. The second kappa shape index (κ2) is 4.83. The average molecular weight is 312 g/mol. The molecule has 1 aromatic rings. The maximum Gasteiger partial charge on any atom is 0.139 e. The maximum atomic E-state index is 10.6. The third-order valence-electron chi connectivity index (χ3n) is 3.91. The topological polar surface area (TPSA) is 32.7 Å². The number of aliphatic hydroxyl groups excluding tert-OH is 1. The number of ether oxygens (including phenoxy) is 1. The van der Waals surface area contributed by atoms with Gasteiger partial charge in [-0.25, -0.2) is 0 Å². The largest absolute Gasteiger partial charge is 0.490 e. The molecule has 0 bridgehead atoms. The van der Waals surface area contributed by atoms with Crippen LogP contribution < -0.4 is 4.74 Å². The van der Waals surface area contributed by atoms with Crippen LogP contribution >= 0.6 is 15.9 Å². The van der Waals surface area contributed by atoms with E-state index in [1.807, 2.05) is 19.1 Å². The van der Waals surface area contributed by atoms with Gasteiger partial charge >= 0.3 is 0 Å². The van der Waals surface area contributed by atoms with Crippen molar-refractivity contribution >= 4 is 15.9 Å². The van der Waals surface area contributed by atoms with E-state index in [0.29, 0.717) is 6.61 Å². The summed E-state index contributed by atoms with van der Waals surface area (Å²) < 4.78 is 6.80. The monoisotopic (exact) mass is 311 g/mol. The molecule has 98 valence electrons. The zero-order valence-corrected chi connectivity index (χ0v) is 12.1. The molecule has 1 N–H and O–H groups in total. The molecule has 3 nitrogen and oxygen atoms in total. The van der Waals surface area contributed by atoms with Gasteiger partial charge in [0.1, 0.15) is 18.5 Å². The Morgan fingerprint density at radius 2 is 2.06 bits per heavy atom. The Morgan fingerprint density at radius 3 is 2.78 bits per heavy atom. The van der Waals surface area contributed by atoms with Crippen molar-refractivity contribution in [2.75, 3.05) is 19.7 Å². The van der Waals surface area contributed by atoms with E-state index in [0.717, 1.165) is 34.4 Å². The predicted octanol–water partition coefficient (Wildman–Crippen LogP) is 2.65. The van der Waals surface area contributed by atoms with Crippen molar-refractivity contribution in [1.29, 1.82) is 0 Å². The van der Waals surface area contributed by atoms with E-state index < -0.39 is 6.10 Å². The summed E-state index contributed by atoms with van der Waals surface area (Å²) in [6.07, 6.45) is 2.02. The first-order valence-electron chi connectivity index (χ1n) is 6.52. The number of nitrogens with zero attached hydrogens (tertiary/aromatic N) is 1. The SMILES string of the molecule is Cc1cc(Br)c2c(c1)[C@@H](O)[C@@H](N1CCCC1)CO2. The number of likely N-dealkylation sites (tertiary alicyclic amines) is 1. The van der Waals surface area contributed by atoms with Crippen LogP contribution in [0, 0.1) is 6.92 Å². The van der Waals surface area contributed by atoms with Gasteiger partial charge in [0, 0.05) is 5.56 Å². The van der Waals surface area contributed by atoms with Crippen molar-refractivity contribution in [3.05, 3.63) is 27.7 Å². The standard InChI is InChI=1S/C14H18BrNO2/c1-9-6-10-13(17)12(16-4-2-3-5-16)8-18-14(10)11(15)7-9/h6-7,12-13,17H,2-5,8H2,1H3/t12-,13+/m0/s1. The highest BCUT2D eigenvalue weighted by atomic mass is 79.9. The highest BCUT2D eigenvalue weighted by molar-refractivity contribution is 9.10. The van der Waals surface area contributed by atoms with Crippen molar-refractivity contribution in [1.82, 2.24) is 4.90 Å². The summed E-state index contributed by atoms with van der Waals surface area (Å²) >= 11 is 3.51. The number of fused-ring (bicyclic) bond motifs is 1. The van der Waals surface area contributed by atoms with Crippen LogP contribution in [-0.4, -0.2) is 35.7 Å². The van der Waals surface area contributed by atoms with Crippen LogP contribution in [0.1, 0.15) is 30.1 Å².